The van der Waals surface area contributed by atoms with Crippen LogP contribution in [0.3, 0.4) is 0 Å². The molecule has 104 valence electrons. The Hall–Kier alpha value is -1.56. The third-order valence-electron chi connectivity index (χ3n) is 2.50. The smallest absolute Gasteiger partial charge is 0.323 e. The molecule has 0 saturated heterocycles. The van der Waals surface area contributed by atoms with E-state index < -0.39 is 5.97 Å². The van der Waals surface area contributed by atoms with Gasteiger partial charge in [-0.15, -0.1) is 11.8 Å². The number of rotatable bonds is 6. The topological polar surface area (TPSA) is 57.6 Å². The van der Waals surface area contributed by atoms with Gasteiger partial charge in [0.1, 0.15) is 12.4 Å². The molecule has 1 amide bonds. The fourth-order valence-electron chi connectivity index (χ4n) is 1.66. The van der Waals surface area contributed by atoms with Crippen molar-refractivity contribution in [3.8, 4) is 0 Å². The summed E-state index contributed by atoms with van der Waals surface area (Å²) in [7, 11) is 0. The number of hydrogen-bond acceptors (Lipinski definition) is 3. The van der Waals surface area contributed by atoms with E-state index in [4.69, 9.17) is 5.11 Å². The Morgan fingerprint density at radius 3 is 2.63 bits per heavy atom. The van der Waals surface area contributed by atoms with E-state index in [1.807, 2.05) is 6.92 Å². The van der Waals surface area contributed by atoms with Gasteiger partial charge in [-0.3, -0.25) is 9.59 Å². The van der Waals surface area contributed by atoms with Crippen LogP contribution in [0.5, 0.6) is 0 Å². The molecule has 1 N–H and O–H groups in total. The minimum atomic E-state index is -1.06. The molecule has 0 bridgehead atoms. The third kappa shape index (κ3) is 4.24. The summed E-state index contributed by atoms with van der Waals surface area (Å²) in [5, 5.41) is 8.79. The maximum Gasteiger partial charge on any atom is 0.323 e. The quantitative estimate of drug-likeness (QED) is 0.816. The molecule has 0 aliphatic rings. The highest BCUT2D eigenvalue weighted by Gasteiger charge is 2.18. The summed E-state index contributed by atoms with van der Waals surface area (Å²) in [5.74, 6) is -1.84. The second-order valence-electron chi connectivity index (χ2n) is 3.97. The highest BCUT2D eigenvalue weighted by atomic mass is 32.2. The van der Waals surface area contributed by atoms with E-state index in [1.54, 1.807) is 6.26 Å². The first-order valence-electron chi connectivity index (χ1n) is 5.84. The van der Waals surface area contributed by atoms with E-state index in [1.165, 1.54) is 34.9 Å². The lowest BCUT2D eigenvalue weighted by Crippen LogP contribution is -2.36. The fourth-order valence-corrected chi connectivity index (χ4v) is 2.17. The van der Waals surface area contributed by atoms with Crippen molar-refractivity contribution in [3.05, 3.63) is 29.6 Å². The number of carboxylic acid groups (broad SMARTS) is 1. The van der Waals surface area contributed by atoms with Crippen LogP contribution in [-0.2, 0) is 4.79 Å². The van der Waals surface area contributed by atoms with E-state index in [0.29, 0.717) is 23.4 Å². The van der Waals surface area contributed by atoms with Crippen LogP contribution in [0.2, 0.25) is 0 Å². The highest BCUT2D eigenvalue weighted by Crippen LogP contribution is 2.21. The summed E-state index contributed by atoms with van der Waals surface area (Å²) in [5.41, 5.74) is 0.306. The van der Waals surface area contributed by atoms with E-state index >= 15 is 0 Å². The van der Waals surface area contributed by atoms with Gasteiger partial charge in [0, 0.05) is 17.0 Å². The molecule has 0 unspecified atom stereocenters. The molecule has 0 radical (unpaired) electrons. The normalized spacial score (nSPS) is 10.3. The van der Waals surface area contributed by atoms with Gasteiger partial charge in [0.2, 0.25) is 0 Å². The van der Waals surface area contributed by atoms with Gasteiger partial charge in [-0.1, -0.05) is 6.92 Å². The molecule has 0 spiro atoms. The van der Waals surface area contributed by atoms with Crippen LogP contribution in [0, 0.1) is 5.82 Å². The molecular weight excluding hydrogens is 269 g/mol. The van der Waals surface area contributed by atoms with Crippen molar-refractivity contribution in [3.63, 3.8) is 0 Å². The number of carboxylic acids is 1. The Morgan fingerprint density at radius 1 is 1.42 bits per heavy atom. The molecule has 19 heavy (non-hydrogen) atoms. The van der Waals surface area contributed by atoms with Crippen molar-refractivity contribution in [1.29, 1.82) is 0 Å². The van der Waals surface area contributed by atoms with Gasteiger partial charge in [-0.2, -0.15) is 0 Å². The Labute approximate surface area is 115 Å². The number of benzene rings is 1. The van der Waals surface area contributed by atoms with Gasteiger partial charge in [-0.05, 0) is 30.9 Å². The molecule has 4 nitrogen and oxygen atoms in total. The van der Waals surface area contributed by atoms with Gasteiger partial charge >= 0.3 is 5.97 Å². The lowest BCUT2D eigenvalue weighted by atomic mass is 10.2. The Balaban J connectivity index is 2.98. The molecule has 0 heterocycles. The average molecular weight is 285 g/mol. The fraction of sp³-hybridized carbons (Fsp3) is 0.385. The van der Waals surface area contributed by atoms with E-state index in [9.17, 15) is 14.0 Å². The average Bonchev–Trinajstić information content (AvgIpc) is 2.37. The van der Waals surface area contributed by atoms with Crippen molar-refractivity contribution in [2.24, 2.45) is 0 Å². The first-order valence-corrected chi connectivity index (χ1v) is 7.06. The first-order chi connectivity index (χ1) is 8.99. The highest BCUT2D eigenvalue weighted by molar-refractivity contribution is 7.98. The number of amides is 1. The van der Waals surface area contributed by atoms with Crippen LogP contribution in [0.4, 0.5) is 4.39 Å². The minimum Gasteiger partial charge on any atom is -0.480 e. The Morgan fingerprint density at radius 2 is 2.11 bits per heavy atom. The van der Waals surface area contributed by atoms with Crippen LogP contribution in [-0.4, -0.2) is 41.2 Å². The number of carbonyl (C=O) groups is 2. The molecule has 6 heteroatoms. The zero-order valence-corrected chi connectivity index (χ0v) is 11.7. The number of thioether (sulfide) groups is 1. The predicted molar refractivity (Wildman–Crippen MR) is 72.0 cm³/mol. The van der Waals surface area contributed by atoms with Crippen LogP contribution >= 0.6 is 11.8 Å². The molecule has 0 atom stereocenters. The number of nitrogens with zero attached hydrogens (tertiary/aromatic N) is 1. The monoisotopic (exact) mass is 285 g/mol. The summed E-state index contributed by atoms with van der Waals surface area (Å²) in [4.78, 5) is 24.5. The lowest BCUT2D eigenvalue weighted by Gasteiger charge is -2.20. The van der Waals surface area contributed by atoms with Crippen molar-refractivity contribution < 1.29 is 19.1 Å². The third-order valence-corrected chi connectivity index (χ3v) is 3.26. The molecule has 1 rings (SSSR count). The maximum atomic E-state index is 13.4. The summed E-state index contributed by atoms with van der Waals surface area (Å²) in [6.45, 7) is 1.87. The second-order valence-corrected chi connectivity index (χ2v) is 4.82. The van der Waals surface area contributed by atoms with Crippen LogP contribution in [0.25, 0.3) is 0 Å². The van der Waals surface area contributed by atoms with Gasteiger partial charge in [0.15, 0.2) is 0 Å². The van der Waals surface area contributed by atoms with Gasteiger partial charge in [0.05, 0.1) is 0 Å². The first kappa shape index (κ1) is 15.5. The largest absolute Gasteiger partial charge is 0.480 e. The summed E-state index contributed by atoms with van der Waals surface area (Å²) < 4.78 is 13.4. The van der Waals surface area contributed by atoms with Crippen LogP contribution in [0.15, 0.2) is 23.1 Å². The number of carbonyl (C=O) groups excluding carboxylic acids is 1. The molecule has 1 aromatic carbocycles. The van der Waals surface area contributed by atoms with Crippen molar-refractivity contribution >= 4 is 23.6 Å². The van der Waals surface area contributed by atoms with Gasteiger partial charge in [-0.25, -0.2) is 4.39 Å². The number of halogens is 1. The molecule has 0 aliphatic carbocycles. The minimum absolute atomic E-state index is 0.306. The maximum absolute atomic E-state index is 13.4. The van der Waals surface area contributed by atoms with Crippen LogP contribution < -0.4 is 0 Å². The molecule has 0 aliphatic heterocycles. The second kappa shape index (κ2) is 7.13. The van der Waals surface area contributed by atoms with Gasteiger partial charge < -0.3 is 10.0 Å². The lowest BCUT2D eigenvalue weighted by molar-refractivity contribution is -0.137. The van der Waals surface area contributed by atoms with E-state index in [-0.39, 0.29) is 18.3 Å². The van der Waals surface area contributed by atoms with E-state index in [2.05, 4.69) is 0 Å². The van der Waals surface area contributed by atoms with Crippen molar-refractivity contribution in [2.75, 3.05) is 19.3 Å². The van der Waals surface area contributed by atoms with Crippen LogP contribution in [0.1, 0.15) is 23.7 Å². The van der Waals surface area contributed by atoms with Crippen molar-refractivity contribution in [1.82, 2.24) is 4.90 Å². The molecule has 0 fully saturated rings. The molecule has 0 saturated carbocycles. The Bertz CT molecular complexity index is 479. The summed E-state index contributed by atoms with van der Waals surface area (Å²) >= 11 is 1.20. The summed E-state index contributed by atoms with van der Waals surface area (Å²) in [6, 6.07) is 4.05. The van der Waals surface area contributed by atoms with Gasteiger partial charge in [0.25, 0.3) is 5.91 Å². The zero-order chi connectivity index (χ0) is 14.4. The molecular formula is C13H16FNO3S. The SMILES string of the molecule is CCCN(CC(=O)O)C(=O)c1ccc(F)c(SC)c1. The standard InChI is InChI=1S/C13H16FNO3S/c1-3-6-15(8-12(16)17)13(18)9-4-5-10(14)11(7-9)19-2/h4-5,7H,3,6,8H2,1-2H3,(H,16,17). The summed E-state index contributed by atoms with van der Waals surface area (Å²) in [6.07, 6.45) is 2.38. The predicted octanol–water partition coefficient (Wildman–Crippen LogP) is 2.48. The molecule has 0 aromatic heterocycles. The number of aliphatic carboxylic acids is 1. The van der Waals surface area contributed by atoms with Crippen molar-refractivity contribution in [2.45, 2.75) is 18.2 Å². The molecule has 1 aromatic rings. The number of hydrogen-bond donors (Lipinski definition) is 1. The van der Waals surface area contributed by atoms with E-state index in [0.717, 1.165) is 0 Å². The Kier molecular flexibility index (Phi) is 5.82. The zero-order valence-electron chi connectivity index (χ0n) is 10.9.